The molecule has 2 aliphatic heterocycles. The van der Waals surface area contributed by atoms with Crippen LogP contribution in [-0.2, 0) is 6.18 Å². The molecule has 6 rings (SSSR count). The predicted octanol–water partition coefficient (Wildman–Crippen LogP) is 4.37. The molecule has 2 saturated heterocycles. The Morgan fingerprint density at radius 2 is 1.88 bits per heavy atom. The van der Waals surface area contributed by atoms with Crippen LogP contribution < -0.4 is 5.32 Å². The van der Waals surface area contributed by atoms with Gasteiger partial charge < -0.3 is 10.2 Å². The average molecular weight is 468 g/mol. The summed E-state index contributed by atoms with van der Waals surface area (Å²) in [4.78, 5) is 32.5. The summed E-state index contributed by atoms with van der Waals surface area (Å²) in [5.74, 6) is 0.907. The van der Waals surface area contributed by atoms with Crippen LogP contribution in [0.4, 0.5) is 19.0 Å². The number of halogens is 3. The number of pyridine rings is 2. The fourth-order valence-electron chi connectivity index (χ4n) is 4.90. The third-order valence-electron chi connectivity index (χ3n) is 6.50. The van der Waals surface area contributed by atoms with Gasteiger partial charge in [0.05, 0.1) is 17.2 Å². The number of carbonyl (C=O) groups excluding carboxylic acids is 1. The van der Waals surface area contributed by atoms with E-state index in [9.17, 15) is 18.0 Å². The van der Waals surface area contributed by atoms with E-state index in [4.69, 9.17) is 0 Å². The monoisotopic (exact) mass is 468 g/mol. The Bertz CT molecular complexity index is 1190. The van der Waals surface area contributed by atoms with Gasteiger partial charge >= 0.3 is 6.18 Å². The smallest absolute Gasteiger partial charge is 0.365 e. The van der Waals surface area contributed by atoms with E-state index >= 15 is 0 Å². The second kappa shape index (κ2) is 8.66. The molecule has 1 saturated carbocycles. The Kier molecular flexibility index (Phi) is 5.66. The van der Waals surface area contributed by atoms with Gasteiger partial charge in [-0.25, -0.2) is 15.0 Å². The topological polar surface area (TPSA) is 83.9 Å². The average Bonchev–Trinajstić information content (AvgIpc) is 2.84. The van der Waals surface area contributed by atoms with Crippen molar-refractivity contribution in [2.75, 3.05) is 11.9 Å². The highest BCUT2D eigenvalue weighted by Gasteiger charge is 2.44. The lowest BCUT2D eigenvalue weighted by Crippen LogP contribution is -2.60. The summed E-state index contributed by atoms with van der Waals surface area (Å²) in [6, 6.07) is 5.70. The summed E-state index contributed by atoms with van der Waals surface area (Å²) in [7, 11) is 0. The van der Waals surface area contributed by atoms with E-state index in [1.165, 1.54) is 6.07 Å². The molecule has 2 bridgehead atoms. The first-order valence-corrected chi connectivity index (χ1v) is 11.1. The summed E-state index contributed by atoms with van der Waals surface area (Å²) in [5.41, 5.74) is 0.991. The van der Waals surface area contributed by atoms with Gasteiger partial charge in [-0.2, -0.15) is 13.2 Å². The van der Waals surface area contributed by atoms with Gasteiger partial charge in [0.15, 0.2) is 5.82 Å². The lowest BCUT2D eigenvalue weighted by molar-refractivity contribution is -0.137. The highest BCUT2D eigenvalue weighted by Crippen LogP contribution is 2.38. The van der Waals surface area contributed by atoms with Gasteiger partial charge in [-0.1, -0.05) is 0 Å². The van der Waals surface area contributed by atoms with Crippen LogP contribution >= 0.6 is 0 Å². The second-order valence-electron chi connectivity index (χ2n) is 8.87. The zero-order chi connectivity index (χ0) is 23.9. The van der Waals surface area contributed by atoms with E-state index in [1.807, 2.05) is 17.9 Å². The molecule has 3 atom stereocenters. The Hall–Kier alpha value is -3.56. The first-order valence-electron chi connectivity index (χ1n) is 11.1. The first kappa shape index (κ1) is 22.2. The van der Waals surface area contributed by atoms with Crippen molar-refractivity contribution >= 4 is 11.7 Å². The summed E-state index contributed by atoms with van der Waals surface area (Å²) >= 11 is 0. The second-order valence-corrected chi connectivity index (χ2v) is 8.87. The van der Waals surface area contributed by atoms with Gasteiger partial charge in [0, 0.05) is 37.4 Å². The molecular formula is C24H23F3N6O. The molecule has 34 heavy (non-hydrogen) atoms. The van der Waals surface area contributed by atoms with Crippen molar-refractivity contribution in [3.63, 3.8) is 0 Å². The van der Waals surface area contributed by atoms with Crippen molar-refractivity contribution in [1.82, 2.24) is 24.8 Å². The number of fused-ring (bicyclic) bond motifs is 3. The number of piperidine rings is 2. The van der Waals surface area contributed by atoms with E-state index in [2.05, 4.69) is 25.3 Å². The number of anilines is 1. The summed E-state index contributed by atoms with van der Waals surface area (Å²) in [5, 5.41) is 3.27. The van der Waals surface area contributed by atoms with Crippen LogP contribution in [0.5, 0.6) is 0 Å². The van der Waals surface area contributed by atoms with Crippen LogP contribution in [0.3, 0.4) is 0 Å². The molecule has 3 aromatic rings. The van der Waals surface area contributed by atoms with Crippen LogP contribution in [0.15, 0.2) is 49.1 Å². The minimum Gasteiger partial charge on any atom is -0.365 e. The SMILES string of the molecule is Cc1cnc(C(=O)N2CC3CCC2C(Nc2ccc(C(F)(F)F)cn2)C3)c(-c2ncccn2)c1. The van der Waals surface area contributed by atoms with E-state index in [1.54, 1.807) is 24.7 Å². The quantitative estimate of drug-likeness (QED) is 0.612. The van der Waals surface area contributed by atoms with Crippen molar-refractivity contribution in [2.24, 2.45) is 5.92 Å². The molecule has 176 valence electrons. The zero-order valence-electron chi connectivity index (χ0n) is 18.5. The summed E-state index contributed by atoms with van der Waals surface area (Å²) < 4.78 is 38.6. The minimum atomic E-state index is -4.43. The van der Waals surface area contributed by atoms with Crippen molar-refractivity contribution in [3.05, 3.63) is 65.9 Å². The van der Waals surface area contributed by atoms with Crippen LogP contribution in [0.25, 0.3) is 11.4 Å². The maximum absolute atomic E-state index is 13.7. The van der Waals surface area contributed by atoms with Gasteiger partial charge in [0.1, 0.15) is 11.5 Å². The van der Waals surface area contributed by atoms with E-state index < -0.39 is 11.7 Å². The lowest BCUT2D eigenvalue weighted by Gasteiger charge is -2.50. The molecule has 1 N–H and O–H groups in total. The molecule has 5 heterocycles. The Labute approximate surface area is 194 Å². The number of nitrogens with one attached hydrogen (secondary N) is 1. The van der Waals surface area contributed by atoms with Gasteiger partial charge in [0.2, 0.25) is 0 Å². The molecule has 0 aromatic carbocycles. The molecule has 0 spiro atoms. The first-order chi connectivity index (χ1) is 16.3. The Morgan fingerprint density at radius 3 is 2.56 bits per heavy atom. The highest BCUT2D eigenvalue weighted by atomic mass is 19.4. The van der Waals surface area contributed by atoms with Crippen molar-refractivity contribution in [2.45, 2.75) is 44.4 Å². The molecule has 3 aromatic heterocycles. The number of alkyl halides is 3. The molecule has 3 fully saturated rings. The number of rotatable bonds is 4. The van der Waals surface area contributed by atoms with E-state index in [-0.39, 0.29) is 18.0 Å². The third kappa shape index (κ3) is 4.32. The predicted molar refractivity (Wildman–Crippen MR) is 119 cm³/mol. The Balaban J connectivity index is 1.40. The molecule has 7 nitrogen and oxygen atoms in total. The van der Waals surface area contributed by atoms with E-state index in [0.717, 1.165) is 37.1 Å². The highest BCUT2D eigenvalue weighted by molar-refractivity contribution is 5.98. The lowest BCUT2D eigenvalue weighted by atomic mass is 9.76. The maximum atomic E-state index is 13.7. The third-order valence-corrected chi connectivity index (χ3v) is 6.50. The van der Waals surface area contributed by atoms with Gasteiger partial charge in [-0.15, -0.1) is 0 Å². The fourth-order valence-corrected chi connectivity index (χ4v) is 4.90. The van der Waals surface area contributed by atoms with Gasteiger partial charge in [-0.3, -0.25) is 9.78 Å². The number of hydrogen-bond donors (Lipinski definition) is 1. The standard InChI is InChI=1S/C24H23F3N6O/c1-14-9-17(22-28-7-2-8-29-22)21(31-11-14)23(34)33-13-15-3-5-19(33)18(10-15)32-20-6-4-16(12-30-20)24(25,26)27/h2,4,6-9,11-12,15,18-19H,3,5,10,13H2,1H3,(H,30,32). The van der Waals surface area contributed by atoms with Crippen LogP contribution in [-0.4, -0.2) is 49.4 Å². The minimum absolute atomic E-state index is 0.109. The summed E-state index contributed by atoms with van der Waals surface area (Å²) in [6.07, 6.45) is 3.93. The van der Waals surface area contributed by atoms with Crippen LogP contribution in [0.1, 0.15) is 40.9 Å². The summed E-state index contributed by atoms with van der Waals surface area (Å²) in [6.45, 7) is 2.51. The number of aryl methyl sites for hydroxylation is 1. The number of nitrogens with zero attached hydrogens (tertiary/aromatic N) is 5. The number of hydrogen-bond acceptors (Lipinski definition) is 6. The fraction of sp³-hybridized carbons (Fsp3) is 0.375. The number of carbonyl (C=O) groups is 1. The zero-order valence-corrected chi connectivity index (χ0v) is 18.5. The molecule has 10 heteroatoms. The van der Waals surface area contributed by atoms with Crippen molar-refractivity contribution < 1.29 is 18.0 Å². The maximum Gasteiger partial charge on any atom is 0.417 e. The molecule has 3 aliphatic rings. The molecular weight excluding hydrogens is 445 g/mol. The van der Waals surface area contributed by atoms with Crippen molar-refractivity contribution in [3.8, 4) is 11.4 Å². The molecule has 3 unspecified atom stereocenters. The Morgan fingerprint density at radius 1 is 1.09 bits per heavy atom. The molecule has 1 amide bonds. The van der Waals surface area contributed by atoms with Crippen molar-refractivity contribution in [1.29, 1.82) is 0 Å². The molecule has 1 aliphatic carbocycles. The van der Waals surface area contributed by atoms with Crippen LogP contribution in [0.2, 0.25) is 0 Å². The largest absolute Gasteiger partial charge is 0.417 e. The van der Waals surface area contributed by atoms with E-state index in [0.29, 0.717) is 35.4 Å². The molecule has 0 radical (unpaired) electrons. The normalized spacial score (nSPS) is 22.0. The number of amides is 1. The van der Waals surface area contributed by atoms with Crippen LogP contribution in [0, 0.1) is 12.8 Å². The number of aromatic nitrogens is 4. The van der Waals surface area contributed by atoms with Gasteiger partial charge in [-0.05, 0) is 61.9 Å². The van der Waals surface area contributed by atoms with Gasteiger partial charge in [0.25, 0.3) is 5.91 Å².